The first-order valence-corrected chi connectivity index (χ1v) is 9.67. The third-order valence-electron chi connectivity index (χ3n) is 4.33. The number of imidazole rings is 1. The Kier molecular flexibility index (Phi) is 4.73. The molecule has 0 saturated heterocycles. The van der Waals surface area contributed by atoms with Crippen LogP contribution < -0.4 is 5.32 Å². The van der Waals surface area contributed by atoms with Crippen LogP contribution in [-0.2, 0) is 6.54 Å². The molecular weight excluding hydrogens is 356 g/mol. The first-order chi connectivity index (χ1) is 13.1. The fraction of sp³-hybridized carbons (Fsp3) is 0.190. The van der Waals surface area contributed by atoms with Gasteiger partial charge < -0.3 is 9.88 Å². The predicted octanol–water partition coefficient (Wildman–Crippen LogP) is 4.92. The van der Waals surface area contributed by atoms with Crippen LogP contribution in [0.25, 0.3) is 10.2 Å². The molecule has 136 valence electrons. The molecule has 2 aromatic heterocycles. The van der Waals surface area contributed by atoms with Crippen LogP contribution in [0, 0.1) is 0 Å². The van der Waals surface area contributed by atoms with Crippen molar-refractivity contribution in [3.8, 4) is 0 Å². The van der Waals surface area contributed by atoms with Crippen LogP contribution >= 0.6 is 11.3 Å². The molecule has 0 spiro atoms. The summed E-state index contributed by atoms with van der Waals surface area (Å²) in [6.07, 6.45) is 5.37. The lowest BCUT2D eigenvalue weighted by atomic mass is 10.1. The van der Waals surface area contributed by atoms with Gasteiger partial charge in [-0.25, -0.2) is 9.97 Å². The molecule has 1 amide bonds. The average Bonchev–Trinajstić information content (AvgIpc) is 3.31. The molecule has 0 aliphatic carbocycles. The van der Waals surface area contributed by atoms with E-state index in [9.17, 15) is 4.79 Å². The molecule has 27 heavy (non-hydrogen) atoms. The molecule has 0 fully saturated rings. The Morgan fingerprint density at radius 1 is 1.22 bits per heavy atom. The van der Waals surface area contributed by atoms with E-state index >= 15 is 0 Å². The largest absolute Gasteiger partial charge is 0.333 e. The number of nitrogens with one attached hydrogen (secondary N) is 1. The van der Waals surface area contributed by atoms with Crippen LogP contribution in [0.15, 0.2) is 61.2 Å². The van der Waals surface area contributed by atoms with Crippen LogP contribution in [0.2, 0.25) is 0 Å². The molecule has 0 aliphatic heterocycles. The Morgan fingerprint density at radius 2 is 2.07 bits per heavy atom. The van der Waals surface area contributed by atoms with E-state index in [0.717, 1.165) is 26.5 Å². The van der Waals surface area contributed by atoms with Crippen LogP contribution in [0.3, 0.4) is 0 Å². The van der Waals surface area contributed by atoms with Gasteiger partial charge in [0.25, 0.3) is 5.91 Å². The fourth-order valence-electron chi connectivity index (χ4n) is 2.92. The van der Waals surface area contributed by atoms with E-state index in [1.165, 1.54) is 0 Å². The van der Waals surface area contributed by atoms with E-state index in [2.05, 4.69) is 29.1 Å². The van der Waals surface area contributed by atoms with E-state index in [1.807, 2.05) is 53.2 Å². The Morgan fingerprint density at radius 3 is 2.85 bits per heavy atom. The average molecular weight is 376 g/mol. The molecule has 1 N–H and O–H groups in total. The summed E-state index contributed by atoms with van der Waals surface area (Å²) < 4.78 is 3.03. The van der Waals surface area contributed by atoms with Crippen molar-refractivity contribution in [2.45, 2.75) is 26.3 Å². The highest BCUT2D eigenvalue weighted by atomic mass is 32.1. The van der Waals surface area contributed by atoms with Gasteiger partial charge in [-0.15, -0.1) is 11.3 Å². The van der Waals surface area contributed by atoms with Crippen molar-refractivity contribution in [1.82, 2.24) is 14.5 Å². The Bertz CT molecular complexity index is 1080. The summed E-state index contributed by atoms with van der Waals surface area (Å²) in [5.74, 6) is 0.286. The zero-order valence-corrected chi connectivity index (χ0v) is 16.0. The minimum Gasteiger partial charge on any atom is -0.333 e. The first-order valence-electron chi connectivity index (χ1n) is 8.85. The van der Waals surface area contributed by atoms with Gasteiger partial charge in [-0.1, -0.05) is 32.0 Å². The third kappa shape index (κ3) is 3.75. The molecule has 0 radical (unpaired) electrons. The fourth-order valence-corrected chi connectivity index (χ4v) is 3.93. The lowest BCUT2D eigenvalue weighted by Gasteiger charge is -2.11. The minimum atomic E-state index is -0.112. The molecule has 0 bridgehead atoms. The summed E-state index contributed by atoms with van der Waals surface area (Å²) in [6.45, 7) is 4.88. The number of amides is 1. The highest BCUT2D eigenvalue weighted by Gasteiger charge is 2.13. The van der Waals surface area contributed by atoms with Crippen molar-refractivity contribution in [2.75, 3.05) is 5.32 Å². The van der Waals surface area contributed by atoms with Crippen molar-refractivity contribution >= 4 is 33.1 Å². The lowest BCUT2D eigenvalue weighted by Crippen LogP contribution is -2.15. The number of carbonyl (C=O) groups is 1. The van der Waals surface area contributed by atoms with Crippen LogP contribution in [-0.4, -0.2) is 20.4 Å². The number of carbonyl (C=O) groups excluding carboxylic acids is 1. The number of hydrogen-bond acceptors (Lipinski definition) is 4. The lowest BCUT2D eigenvalue weighted by molar-refractivity contribution is 0.102. The quantitative estimate of drug-likeness (QED) is 0.538. The van der Waals surface area contributed by atoms with Gasteiger partial charge >= 0.3 is 0 Å². The van der Waals surface area contributed by atoms with E-state index in [1.54, 1.807) is 23.9 Å². The second kappa shape index (κ2) is 7.32. The Balaban J connectivity index is 1.58. The van der Waals surface area contributed by atoms with E-state index in [0.29, 0.717) is 18.0 Å². The zero-order chi connectivity index (χ0) is 18.8. The molecule has 6 heteroatoms. The number of aromatic nitrogens is 3. The highest BCUT2D eigenvalue weighted by Crippen LogP contribution is 2.29. The van der Waals surface area contributed by atoms with Gasteiger partial charge in [0.2, 0.25) is 0 Å². The summed E-state index contributed by atoms with van der Waals surface area (Å²) >= 11 is 1.68. The van der Waals surface area contributed by atoms with Crippen molar-refractivity contribution in [3.63, 3.8) is 0 Å². The van der Waals surface area contributed by atoms with Gasteiger partial charge in [0.15, 0.2) is 0 Å². The van der Waals surface area contributed by atoms with Gasteiger partial charge in [-0.05, 0) is 29.8 Å². The SMILES string of the molecule is CC(C)c1nc2ccc(NC(=O)c3ccccc3Cn3ccnc3)cc2s1. The maximum atomic E-state index is 12.9. The van der Waals surface area contributed by atoms with E-state index in [-0.39, 0.29) is 5.91 Å². The molecule has 5 nitrogen and oxygen atoms in total. The molecule has 0 saturated carbocycles. The topological polar surface area (TPSA) is 59.8 Å². The summed E-state index contributed by atoms with van der Waals surface area (Å²) in [5, 5.41) is 4.13. The summed E-state index contributed by atoms with van der Waals surface area (Å²) in [4.78, 5) is 21.6. The van der Waals surface area contributed by atoms with Crippen molar-refractivity contribution in [2.24, 2.45) is 0 Å². The maximum absolute atomic E-state index is 12.9. The number of rotatable bonds is 5. The summed E-state index contributed by atoms with van der Waals surface area (Å²) in [6, 6.07) is 13.5. The minimum absolute atomic E-state index is 0.112. The number of benzene rings is 2. The number of hydrogen-bond donors (Lipinski definition) is 1. The third-order valence-corrected chi connectivity index (χ3v) is 5.65. The molecule has 2 aromatic carbocycles. The van der Waals surface area contributed by atoms with Crippen molar-refractivity contribution < 1.29 is 4.79 Å². The predicted molar refractivity (Wildman–Crippen MR) is 109 cm³/mol. The number of nitrogens with zero attached hydrogens (tertiary/aromatic N) is 3. The van der Waals surface area contributed by atoms with E-state index in [4.69, 9.17) is 0 Å². The second-order valence-corrected chi connectivity index (χ2v) is 7.80. The monoisotopic (exact) mass is 376 g/mol. The Labute approximate surface area is 161 Å². The number of fused-ring (bicyclic) bond motifs is 1. The summed E-state index contributed by atoms with van der Waals surface area (Å²) in [5.41, 5.74) is 3.37. The normalized spacial score (nSPS) is 11.2. The highest BCUT2D eigenvalue weighted by molar-refractivity contribution is 7.18. The number of anilines is 1. The summed E-state index contributed by atoms with van der Waals surface area (Å²) in [7, 11) is 0. The molecule has 0 aliphatic rings. The zero-order valence-electron chi connectivity index (χ0n) is 15.2. The van der Waals surface area contributed by atoms with E-state index < -0.39 is 0 Å². The molecule has 4 aromatic rings. The molecular formula is C21H20N4OS. The standard InChI is InChI=1S/C21H20N4OS/c1-14(2)21-24-18-8-7-16(11-19(18)27-21)23-20(26)17-6-4-3-5-15(17)12-25-10-9-22-13-25/h3-11,13-14H,12H2,1-2H3,(H,23,26). The molecule has 4 rings (SSSR count). The van der Waals surface area contributed by atoms with Crippen molar-refractivity contribution in [3.05, 3.63) is 77.3 Å². The van der Waals surface area contributed by atoms with Crippen LogP contribution in [0.4, 0.5) is 5.69 Å². The first kappa shape index (κ1) is 17.4. The second-order valence-electron chi connectivity index (χ2n) is 6.74. The smallest absolute Gasteiger partial charge is 0.256 e. The van der Waals surface area contributed by atoms with Gasteiger partial charge in [-0.3, -0.25) is 4.79 Å². The van der Waals surface area contributed by atoms with Crippen LogP contribution in [0.1, 0.15) is 40.7 Å². The van der Waals surface area contributed by atoms with Crippen LogP contribution in [0.5, 0.6) is 0 Å². The van der Waals surface area contributed by atoms with Crippen molar-refractivity contribution in [1.29, 1.82) is 0 Å². The molecule has 2 heterocycles. The van der Waals surface area contributed by atoms with Gasteiger partial charge in [0.1, 0.15) is 0 Å². The maximum Gasteiger partial charge on any atom is 0.256 e. The molecule has 0 atom stereocenters. The van der Waals surface area contributed by atoms with Gasteiger partial charge in [0, 0.05) is 36.1 Å². The van der Waals surface area contributed by atoms with Gasteiger partial charge in [0.05, 0.1) is 21.6 Å². The molecule has 0 unspecified atom stereocenters. The number of thiazole rings is 1. The van der Waals surface area contributed by atoms with Gasteiger partial charge in [-0.2, -0.15) is 0 Å². The Hall–Kier alpha value is -2.99.